The molecule has 0 saturated heterocycles. The van der Waals surface area contributed by atoms with Crippen LogP contribution in [0.15, 0.2) is 10.9 Å². The van der Waals surface area contributed by atoms with E-state index in [0.717, 1.165) is 41.9 Å². The molecular formula is C12H15N3O2. The van der Waals surface area contributed by atoms with Crippen molar-refractivity contribution in [2.45, 2.75) is 32.8 Å². The van der Waals surface area contributed by atoms with Crippen LogP contribution in [-0.4, -0.2) is 21.2 Å². The Labute approximate surface area is 98.4 Å². The van der Waals surface area contributed by atoms with E-state index in [4.69, 9.17) is 4.74 Å². The number of aromatic amines is 1. The van der Waals surface area contributed by atoms with Gasteiger partial charge in [0.05, 0.1) is 30.2 Å². The third-order valence-electron chi connectivity index (χ3n) is 3.12. The van der Waals surface area contributed by atoms with Crippen LogP contribution in [0, 0.1) is 0 Å². The minimum atomic E-state index is -0.0462. The summed E-state index contributed by atoms with van der Waals surface area (Å²) < 4.78 is 7.18. The standard InChI is InChI=1S/C12H15N3O2/c1-2-3-8-6-11-13-12(16)9-7-17-5-4-10(9)15(11)14-8/h6H,2-5,7H2,1H3,(H,13,16). The monoisotopic (exact) mass is 233 g/mol. The Morgan fingerprint density at radius 3 is 3.29 bits per heavy atom. The van der Waals surface area contributed by atoms with Crippen molar-refractivity contribution in [2.75, 3.05) is 6.61 Å². The Balaban J connectivity index is 2.24. The van der Waals surface area contributed by atoms with Crippen molar-refractivity contribution in [3.8, 4) is 0 Å². The molecule has 0 amide bonds. The zero-order valence-electron chi connectivity index (χ0n) is 9.82. The van der Waals surface area contributed by atoms with Gasteiger partial charge in [-0.05, 0) is 6.42 Å². The number of rotatable bonds is 2. The van der Waals surface area contributed by atoms with Crippen LogP contribution < -0.4 is 5.56 Å². The summed E-state index contributed by atoms with van der Waals surface area (Å²) in [5, 5.41) is 4.55. The normalized spacial score (nSPS) is 15.1. The maximum Gasteiger partial charge on any atom is 0.256 e. The van der Waals surface area contributed by atoms with Crippen LogP contribution in [0.4, 0.5) is 0 Å². The lowest BCUT2D eigenvalue weighted by atomic mass is 10.1. The van der Waals surface area contributed by atoms with Gasteiger partial charge in [-0.1, -0.05) is 13.3 Å². The first-order chi connectivity index (χ1) is 8.29. The molecule has 17 heavy (non-hydrogen) atoms. The van der Waals surface area contributed by atoms with E-state index in [9.17, 15) is 4.79 Å². The molecule has 0 fully saturated rings. The van der Waals surface area contributed by atoms with E-state index < -0.39 is 0 Å². The molecule has 0 bridgehead atoms. The molecule has 1 aliphatic rings. The number of aryl methyl sites for hydroxylation is 1. The van der Waals surface area contributed by atoms with Crippen LogP contribution in [0.2, 0.25) is 0 Å². The predicted molar refractivity (Wildman–Crippen MR) is 63.2 cm³/mol. The highest BCUT2D eigenvalue weighted by Gasteiger charge is 2.18. The van der Waals surface area contributed by atoms with E-state index in [1.807, 2.05) is 10.6 Å². The number of hydrogen-bond acceptors (Lipinski definition) is 3. The molecule has 5 nitrogen and oxygen atoms in total. The van der Waals surface area contributed by atoms with Gasteiger partial charge in [0.25, 0.3) is 5.56 Å². The van der Waals surface area contributed by atoms with Crippen LogP contribution in [0.25, 0.3) is 5.65 Å². The lowest BCUT2D eigenvalue weighted by Crippen LogP contribution is -2.25. The maximum atomic E-state index is 11.9. The molecule has 2 aromatic rings. The van der Waals surface area contributed by atoms with E-state index >= 15 is 0 Å². The topological polar surface area (TPSA) is 59.4 Å². The third-order valence-corrected chi connectivity index (χ3v) is 3.12. The molecule has 90 valence electrons. The minimum absolute atomic E-state index is 0.0462. The molecule has 3 heterocycles. The van der Waals surface area contributed by atoms with Crippen molar-refractivity contribution in [2.24, 2.45) is 0 Å². The first-order valence-electron chi connectivity index (χ1n) is 6.00. The maximum absolute atomic E-state index is 11.9. The first-order valence-corrected chi connectivity index (χ1v) is 6.00. The van der Waals surface area contributed by atoms with Gasteiger partial charge in [-0.2, -0.15) is 5.10 Å². The Morgan fingerprint density at radius 2 is 2.47 bits per heavy atom. The van der Waals surface area contributed by atoms with E-state index in [1.165, 1.54) is 0 Å². The predicted octanol–water partition coefficient (Wildman–Crippen LogP) is 1.05. The number of fused-ring (bicyclic) bond motifs is 3. The van der Waals surface area contributed by atoms with Crippen LogP contribution in [0.3, 0.4) is 0 Å². The minimum Gasteiger partial charge on any atom is -0.376 e. The summed E-state index contributed by atoms with van der Waals surface area (Å²) in [6.07, 6.45) is 2.75. The summed E-state index contributed by atoms with van der Waals surface area (Å²) in [6.45, 7) is 3.17. The number of nitrogens with one attached hydrogen (secondary N) is 1. The molecule has 1 N–H and O–H groups in total. The van der Waals surface area contributed by atoms with E-state index in [0.29, 0.717) is 13.2 Å². The van der Waals surface area contributed by atoms with Gasteiger partial charge in [0.15, 0.2) is 0 Å². The second-order valence-electron chi connectivity index (χ2n) is 4.36. The van der Waals surface area contributed by atoms with Gasteiger partial charge in [-0.15, -0.1) is 0 Å². The SMILES string of the molecule is CCCc1cc2[nH]c(=O)c3c(n2n1)CCOC3. The lowest BCUT2D eigenvalue weighted by molar-refractivity contribution is 0.107. The van der Waals surface area contributed by atoms with Gasteiger partial charge >= 0.3 is 0 Å². The molecule has 0 aromatic carbocycles. The second-order valence-corrected chi connectivity index (χ2v) is 4.36. The number of aromatic nitrogens is 3. The number of nitrogens with zero attached hydrogens (tertiary/aromatic N) is 2. The van der Waals surface area contributed by atoms with Crippen LogP contribution >= 0.6 is 0 Å². The highest BCUT2D eigenvalue weighted by atomic mass is 16.5. The molecule has 1 aliphatic heterocycles. The third kappa shape index (κ3) is 1.67. The van der Waals surface area contributed by atoms with Gasteiger partial charge in [-0.25, -0.2) is 4.52 Å². The van der Waals surface area contributed by atoms with Crippen LogP contribution in [0.1, 0.15) is 30.3 Å². The van der Waals surface area contributed by atoms with Gasteiger partial charge in [0, 0.05) is 12.5 Å². The smallest absolute Gasteiger partial charge is 0.256 e. The molecule has 5 heteroatoms. The molecule has 2 aromatic heterocycles. The average Bonchev–Trinajstić information content (AvgIpc) is 2.73. The molecule has 0 atom stereocenters. The van der Waals surface area contributed by atoms with Crippen molar-refractivity contribution < 1.29 is 4.74 Å². The molecule has 0 radical (unpaired) electrons. The fourth-order valence-corrected chi connectivity index (χ4v) is 2.30. The summed E-state index contributed by atoms with van der Waals surface area (Å²) in [4.78, 5) is 14.7. The van der Waals surface area contributed by atoms with Crippen LogP contribution in [-0.2, 0) is 24.2 Å². The second kappa shape index (κ2) is 4.00. The van der Waals surface area contributed by atoms with E-state index in [2.05, 4.69) is 17.0 Å². The fourth-order valence-electron chi connectivity index (χ4n) is 2.30. The highest BCUT2D eigenvalue weighted by molar-refractivity contribution is 5.42. The zero-order chi connectivity index (χ0) is 11.8. The van der Waals surface area contributed by atoms with Crippen molar-refractivity contribution in [3.63, 3.8) is 0 Å². The number of H-pyrrole nitrogens is 1. The lowest BCUT2D eigenvalue weighted by Gasteiger charge is -2.15. The van der Waals surface area contributed by atoms with Gasteiger partial charge < -0.3 is 9.72 Å². The molecule has 0 spiro atoms. The number of hydrogen-bond donors (Lipinski definition) is 1. The van der Waals surface area contributed by atoms with Crippen molar-refractivity contribution >= 4 is 5.65 Å². The summed E-state index contributed by atoms with van der Waals surface area (Å²) in [6, 6.07) is 1.96. The Kier molecular flexibility index (Phi) is 2.48. The highest BCUT2D eigenvalue weighted by Crippen LogP contribution is 2.15. The van der Waals surface area contributed by atoms with Gasteiger partial charge in [0.2, 0.25) is 0 Å². The first kappa shape index (κ1) is 10.5. The molecule has 0 unspecified atom stereocenters. The zero-order valence-corrected chi connectivity index (χ0v) is 9.82. The molecular weight excluding hydrogens is 218 g/mol. The largest absolute Gasteiger partial charge is 0.376 e. The molecule has 0 aliphatic carbocycles. The summed E-state index contributed by atoms with van der Waals surface area (Å²) >= 11 is 0. The quantitative estimate of drug-likeness (QED) is 0.843. The number of ether oxygens (including phenoxy) is 1. The summed E-state index contributed by atoms with van der Waals surface area (Å²) in [5.41, 5.74) is 3.49. The van der Waals surface area contributed by atoms with E-state index in [-0.39, 0.29) is 5.56 Å². The molecule has 0 saturated carbocycles. The van der Waals surface area contributed by atoms with Crippen molar-refractivity contribution in [3.05, 3.63) is 33.4 Å². The van der Waals surface area contributed by atoms with E-state index in [1.54, 1.807) is 0 Å². The average molecular weight is 233 g/mol. The Morgan fingerprint density at radius 1 is 1.59 bits per heavy atom. The summed E-state index contributed by atoms with van der Waals surface area (Å²) in [5.74, 6) is 0. The summed E-state index contributed by atoms with van der Waals surface area (Å²) in [7, 11) is 0. The van der Waals surface area contributed by atoms with Crippen LogP contribution in [0.5, 0.6) is 0 Å². The Hall–Kier alpha value is -1.62. The Bertz CT molecular complexity index is 612. The van der Waals surface area contributed by atoms with Crippen molar-refractivity contribution in [1.82, 2.24) is 14.6 Å². The fraction of sp³-hybridized carbons (Fsp3) is 0.500. The van der Waals surface area contributed by atoms with Crippen molar-refractivity contribution in [1.29, 1.82) is 0 Å². The van der Waals surface area contributed by atoms with Gasteiger partial charge in [0.1, 0.15) is 5.65 Å². The van der Waals surface area contributed by atoms with Gasteiger partial charge in [-0.3, -0.25) is 4.79 Å². The molecule has 3 rings (SSSR count).